The molecule has 0 aliphatic carbocycles. The number of hydrogen-bond donors (Lipinski definition) is 8. The molecule has 0 fully saturated rings. The number of amides is 4. The largest absolute Gasteiger partial charge is 0.508 e. The molecule has 0 aliphatic rings. The van der Waals surface area contributed by atoms with Crippen LogP contribution in [0.3, 0.4) is 0 Å². The van der Waals surface area contributed by atoms with Gasteiger partial charge < -0.3 is 42.7 Å². The average molecular weight is 496 g/mol. The molecule has 5 unspecified atom stereocenters. The van der Waals surface area contributed by atoms with Gasteiger partial charge in [0.25, 0.3) is 0 Å². The van der Waals surface area contributed by atoms with Gasteiger partial charge in [0.05, 0.1) is 18.6 Å². The number of carbonyl (C=O) groups is 5. The number of nitrogens with one attached hydrogen (secondary N) is 3. The zero-order valence-corrected chi connectivity index (χ0v) is 19.7. The standard InChI is InChI=1S/C22H33N5O8/c1-10(2)17(21(33)27-18(11(3)28)22(34)35)26-20(32)15(9-16(24)30)25-19(31)14(23)8-12-4-6-13(29)7-5-12/h4-7,10-11,14-15,17-18,28-29H,8-9,23H2,1-3H3,(H2,24,30)(H,25,31)(H,26,32)(H,27,33)(H,34,35). The number of phenolic OH excluding ortho intramolecular Hbond substituents is 1. The quantitative estimate of drug-likeness (QED) is 0.147. The van der Waals surface area contributed by atoms with Crippen LogP contribution in [-0.4, -0.2) is 75.2 Å². The highest BCUT2D eigenvalue weighted by molar-refractivity contribution is 5.96. The molecular formula is C22H33N5O8. The maximum Gasteiger partial charge on any atom is 0.328 e. The third kappa shape index (κ3) is 9.59. The van der Waals surface area contributed by atoms with Gasteiger partial charge in [0.15, 0.2) is 6.04 Å². The molecule has 0 aliphatic heterocycles. The highest BCUT2D eigenvalue weighted by atomic mass is 16.4. The number of carboxylic acid groups (broad SMARTS) is 1. The summed E-state index contributed by atoms with van der Waals surface area (Å²) in [6.45, 7) is 4.34. The van der Waals surface area contributed by atoms with E-state index < -0.39 is 72.2 Å². The third-order valence-electron chi connectivity index (χ3n) is 5.06. The van der Waals surface area contributed by atoms with Crippen molar-refractivity contribution in [3.63, 3.8) is 0 Å². The third-order valence-corrected chi connectivity index (χ3v) is 5.06. The van der Waals surface area contributed by atoms with Gasteiger partial charge in [-0.15, -0.1) is 0 Å². The molecule has 0 radical (unpaired) electrons. The van der Waals surface area contributed by atoms with Gasteiger partial charge in [-0.2, -0.15) is 0 Å². The molecule has 13 nitrogen and oxygen atoms in total. The number of benzene rings is 1. The van der Waals surface area contributed by atoms with E-state index >= 15 is 0 Å². The smallest absolute Gasteiger partial charge is 0.328 e. The van der Waals surface area contributed by atoms with Crippen LogP contribution in [0.25, 0.3) is 0 Å². The van der Waals surface area contributed by atoms with E-state index in [1.807, 2.05) is 0 Å². The molecule has 0 heterocycles. The van der Waals surface area contributed by atoms with Gasteiger partial charge in [-0.25, -0.2) is 4.79 Å². The summed E-state index contributed by atoms with van der Waals surface area (Å²) in [7, 11) is 0. The van der Waals surface area contributed by atoms with Gasteiger partial charge in [-0.1, -0.05) is 26.0 Å². The molecule has 0 saturated carbocycles. The Morgan fingerprint density at radius 2 is 1.43 bits per heavy atom. The second-order valence-corrected chi connectivity index (χ2v) is 8.50. The van der Waals surface area contributed by atoms with Crippen LogP contribution in [-0.2, 0) is 30.4 Å². The van der Waals surface area contributed by atoms with E-state index in [2.05, 4.69) is 16.0 Å². The fourth-order valence-corrected chi connectivity index (χ4v) is 3.09. The Labute approximate surface area is 202 Å². The topological polar surface area (TPSA) is 234 Å². The van der Waals surface area contributed by atoms with Gasteiger partial charge in [0.2, 0.25) is 23.6 Å². The summed E-state index contributed by atoms with van der Waals surface area (Å²) >= 11 is 0. The maximum atomic E-state index is 12.9. The van der Waals surface area contributed by atoms with Crippen LogP contribution < -0.4 is 27.4 Å². The first-order valence-electron chi connectivity index (χ1n) is 10.9. The van der Waals surface area contributed by atoms with E-state index in [4.69, 9.17) is 16.6 Å². The fraction of sp³-hybridized carbons (Fsp3) is 0.500. The van der Waals surface area contributed by atoms with Crippen molar-refractivity contribution in [2.75, 3.05) is 0 Å². The van der Waals surface area contributed by atoms with Crippen molar-refractivity contribution in [3.8, 4) is 5.75 Å². The minimum Gasteiger partial charge on any atom is -0.508 e. The van der Waals surface area contributed by atoms with Crippen molar-refractivity contribution in [2.24, 2.45) is 17.4 Å². The number of hydrogen-bond acceptors (Lipinski definition) is 8. The predicted octanol–water partition coefficient (Wildman–Crippen LogP) is -2.29. The Morgan fingerprint density at radius 1 is 0.886 bits per heavy atom. The van der Waals surface area contributed by atoms with Gasteiger partial charge in [-0.05, 0) is 37.0 Å². The number of carbonyl (C=O) groups excluding carboxylic acids is 4. The molecule has 10 N–H and O–H groups in total. The molecule has 4 amide bonds. The summed E-state index contributed by atoms with van der Waals surface area (Å²) in [6.07, 6.45) is -1.91. The molecule has 0 saturated heterocycles. The van der Waals surface area contributed by atoms with E-state index in [1.54, 1.807) is 26.0 Å². The van der Waals surface area contributed by atoms with Gasteiger partial charge >= 0.3 is 5.97 Å². The number of aliphatic carboxylic acids is 1. The minimum atomic E-state index is -1.61. The second-order valence-electron chi connectivity index (χ2n) is 8.50. The monoisotopic (exact) mass is 495 g/mol. The van der Waals surface area contributed by atoms with Crippen molar-refractivity contribution in [1.29, 1.82) is 0 Å². The molecule has 1 aromatic carbocycles. The van der Waals surface area contributed by atoms with Crippen molar-refractivity contribution in [1.82, 2.24) is 16.0 Å². The summed E-state index contributed by atoms with van der Waals surface area (Å²) in [6, 6.07) is 0.570. The molecule has 5 atom stereocenters. The van der Waals surface area contributed by atoms with Crippen LogP contribution in [0.2, 0.25) is 0 Å². The number of carboxylic acids is 1. The summed E-state index contributed by atoms with van der Waals surface area (Å²) in [5, 5.41) is 35.0. The lowest BCUT2D eigenvalue weighted by molar-refractivity contribution is -0.145. The van der Waals surface area contributed by atoms with Crippen LogP contribution in [0, 0.1) is 5.92 Å². The van der Waals surface area contributed by atoms with E-state index in [0.717, 1.165) is 0 Å². The highest BCUT2D eigenvalue weighted by Gasteiger charge is 2.33. The number of phenols is 1. The molecule has 0 aromatic heterocycles. The lowest BCUT2D eigenvalue weighted by atomic mass is 10.0. The average Bonchev–Trinajstić information content (AvgIpc) is 2.75. The molecule has 194 valence electrons. The number of aliphatic hydroxyl groups is 1. The first-order valence-corrected chi connectivity index (χ1v) is 10.9. The predicted molar refractivity (Wildman–Crippen MR) is 124 cm³/mol. The lowest BCUT2D eigenvalue weighted by Crippen LogP contribution is -2.60. The van der Waals surface area contributed by atoms with Crippen molar-refractivity contribution in [3.05, 3.63) is 29.8 Å². The Bertz CT molecular complexity index is 919. The molecule has 1 aromatic rings. The van der Waals surface area contributed by atoms with E-state index in [9.17, 15) is 34.2 Å². The Morgan fingerprint density at radius 3 is 1.89 bits per heavy atom. The van der Waals surface area contributed by atoms with Crippen LogP contribution in [0.15, 0.2) is 24.3 Å². The number of nitrogens with two attached hydrogens (primary N) is 2. The minimum absolute atomic E-state index is 0.0387. The molecule has 1 rings (SSSR count). The number of aliphatic hydroxyl groups excluding tert-OH is 1. The first-order chi connectivity index (χ1) is 16.2. The van der Waals surface area contributed by atoms with Crippen molar-refractivity contribution in [2.45, 2.75) is 63.9 Å². The molecular weight excluding hydrogens is 462 g/mol. The summed E-state index contributed by atoms with van der Waals surface area (Å²) < 4.78 is 0. The molecule has 0 bridgehead atoms. The fourth-order valence-electron chi connectivity index (χ4n) is 3.09. The summed E-state index contributed by atoms with van der Waals surface area (Å²) in [5.74, 6) is -5.40. The van der Waals surface area contributed by atoms with Gasteiger partial charge in [-0.3, -0.25) is 19.2 Å². The van der Waals surface area contributed by atoms with E-state index in [-0.39, 0.29) is 12.2 Å². The van der Waals surface area contributed by atoms with E-state index in [0.29, 0.717) is 5.56 Å². The van der Waals surface area contributed by atoms with Crippen LogP contribution in [0.1, 0.15) is 32.8 Å². The Kier molecular flexibility index (Phi) is 11.1. The number of aromatic hydroxyl groups is 1. The zero-order valence-electron chi connectivity index (χ0n) is 19.7. The van der Waals surface area contributed by atoms with Crippen molar-refractivity contribution >= 4 is 29.6 Å². The second kappa shape index (κ2) is 13.2. The van der Waals surface area contributed by atoms with Crippen LogP contribution in [0.5, 0.6) is 5.75 Å². The normalized spacial score (nSPS) is 15.3. The Balaban J connectivity index is 2.94. The lowest BCUT2D eigenvalue weighted by Gasteiger charge is -2.27. The SMILES string of the molecule is CC(C)C(NC(=O)C(CC(N)=O)NC(=O)C(N)Cc1ccc(O)cc1)C(=O)NC(C(=O)O)C(C)O. The Hall–Kier alpha value is -3.71. The van der Waals surface area contributed by atoms with Crippen LogP contribution in [0.4, 0.5) is 0 Å². The molecule has 13 heteroatoms. The van der Waals surface area contributed by atoms with Gasteiger partial charge in [0, 0.05) is 0 Å². The first kappa shape index (κ1) is 29.3. The van der Waals surface area contributed by atoms with Gasteiger partial charge in [0.1, 0.15) is 17.8 Å². The van der Waals surface area contributed by atoms with E-state index in [1.165, 1.54) is 19.1 Å². The molecule has 35 heavy (non-hydrogen) atoms. The summed E-state index contributed by atoms with van der Waals surface area (Å²) in [4.78, 5) is 60.8. The highest BCUT2D eigenvalue weighted by Crippen LogP contribution is 2.11. The molecule has 0 spiro atoms. The summed E-state index contributed by atoms with van der Waals surface area (Å²) in [5.41, 5.74) is 11.8. The number of rotatable bonds is 13. The maximum absolute atomic E-state index is 12.9. The van der Waals surface area contributed by atoms with Crippen LogP contribution >= 0.6 is 0 Å². The number of primary amides is 1. The van der Waals surface area contributed by atoms with Crippen molar-refractivity contribution < 1.29 is 39.3 Å². The zero-order chi connectivity index (χ0) is 26.9.